The molecule has 1 aliphatic rings. The van der Waals surface area contributed by atoms with Crippen LogP contribution < -0.4 is 0 Å². The molecule has 21 heavy (non-hydrogen) atoms. The van der Waals surface area contributed by atoms with Gasteiger partial charge in [-0.3, -0.25) is 4.79 Å². The molecule has 0 aliphatic heterocycles. The summed E-state index contributed by atoms with van der Waals surface area (Å²) in [6.45, 7) is 0. The summed E-state index contributed by atoms with van der Waals surface area (Å²) in [6, 6.07) is 3.16. The van der Waals surface area contributed by atoms with Crippen LogP contribution in [0.2, 0.25) is 0 Å². The summed E-state index contributed by atoms with van der Waals surface area (Å²) >= 11 is 0. The fraction of sp³-hybridized carbons (Fsp3) is 0.467. The molecule has 0 saturated heterocycles. The van der Waals surface area contributed by atoms with Gasteiger partial charge in [-0.15, -0.1) is 0 Å². The quantitative estimate of drug-likeness (QED) is 0.403. The van der Waals surface area contributed by atoms with E-state index in [2.05, 4.69) is 5.16 Å². The molecule has 0 aromatic heterocycles. The highest BCUT2D eigenvalue weighted by atomic mass is 19.1. The van der Waals surface area contributed by atoms with Crippen LogP contribution in [0.3, 0.4) is 0 Å². The minimum atomic E-state index is -0.752. The van der Waals surface area contributed by atoms with Crippen LogP contribution in [0.4, 0.5) is 8.78 Å². The van der Waals surface area contributed by atoms with Gasteiger partial charge in [0.25, 0.3) is 0 Å². The number of oxime groups is 1. The molecule has 1 N–H and O–H groups in total. The predicted octanol–water partition coefficient (Wildman–Crippen LogP) is 3.12. The van der Waals surface area contributed by atoms with Crippen LogP contribution in [0.15, 0.2) is 23.4 Å². The van der Waals surface area contributed by atoms with E-state index in [1.807, 2.05) is 0 Å². The third-order valence-corrected chi connectivity index (χ3v) is 3.96. The molecule has 0 amide bonds. The second-order valence-corrected chi connectivity index (χ2v) is 5.18. The number of methoxy groups -OCH3 is 1. The molecule has 0 heterocycles. The lowest BCUT2D eigenvalue weighted by molar-refractivity contribution is -0.146. The number of halogens is 2. The summed E-state index contributed by atoms with van der Waals surface area (Å²) in [6.07, 6.45) is 2.38. The molecule has 0 spiro atoms. The molecule has 1 aromatic rings. The summed E-state index contributed by atoms with van der Waals surface area (Å²) < 4.78 is 31.4. The third kappa shape index (κ3) is 3.37. The van der Waals surface area contributed by atoms with Crippen molar-refractivity contribution in [2.24, 2.45) is 17.0 Å². The number of esters is 1. The largest absolute Gasteiger partial charge is 0.469 e. The fourth-order valence-electron chi connectivity index (χ4n) is 2.82. The lowest BCUT2D eigenvalue weighted by atomic mass is 9.78. The topological polar surface area (TPSA) is 58.9 Å². The number of carbonyl (C=O) groups excluding carboxylic acids is 1. The van der Waals surface area contributed by atoms with Crippen molar-refractivity contribution in [2.75, 3.05) is 7.11 Å². The van der Waals surface area contributed by atoms with E-state index < -0.39 is 11.6 Å². The zero-order valence-corrected chi connectivity index (χ0v) is 11.7. The van der Waals surface area contributed by atoms with E-state index in [1.54, 1.807) is 0 Å². The SMILES string of the molecule is COC(=O)C1CCC(/C(=N/O)c2ccc(F)cc2F)CC1. The molecule has 0 atom stereocenters. The van der Waals surface area contributed by atoms with Gasteiger partial charge >= 0.3 is 5.97 Å². The Morgan fingerprint density at radius 3 is 2.38 bits per heavy atom. The van der Waals surface area contributed by atoms with Crippen LogP contribution in [0.25, 0.3) is 0 Å². The van der Waals surface area contributed by atoms with E-state index in [4.69, 9.17) is 4.74 Å². The van der Waals surface area contributed by atoms with Crippen LogP contribution in [-0.2, 0) is 9.53 Å². The fourth-order valence-corrected chi connectivity index (χ4v) is 2.82. The summed E-state index contributed by atoms with van der Waals surface area (Å²) in [4.78, 5) is 11.5. The lowest BCUT2D eigenvalue weighted by Gasteiger charge is -2.27. The van der Waals surface area contributed by atoms with E-state index in [0.29, 0.717) is 25.7 Å². The van der Waals surface area contributed by atoms with Gasteiger partial charge in [-0.2, -0.15) is 0 Å². The highest BCUT2D eigenvalue weighted by Crippen LogP contribution is 2.32. The molecule has 114 valence electrons. The Hall–Kier alpha value is -1.98. The molecule has 1 saturated carbocycles. The number of rotatable bonds is 3. The van der Waals surface area contributed by atoms with Crippen molar-refractivity contribution in [3.05, 3.63) is 35.4 Å². The number of benzene rings is 1. The molecule has 0 bridgehead atoms. The number of hydrogen-bond acceptors (Lipinski definition) is 4. The third-order valence-electron chi connectivity index (χ3n) is 3.96. The summed E-state index contributed by atoms with van der Waals surface area (Å²) in [5, 5.41) is 12.4. The van der Waals surface area contributed by atoms with Crippen LogP contribution in [0, 0.1) is 23.5 Å². The van der Waals surface area contributed by atoms with Gasteiger partial charge in [0, 0.05) is 17.5 Å². The monoisotopic (exact) mass is 297 g/mol. The smallest absolute Gasteiger partial charge is 0.308 e. The first-order valence-electron chi connectivity index (χ1n) is 6.82. The molecule has 0 unspecified atom stereocenters. The van der Waals surface area contributed by atoms with E-state index in [9.17, 15) is 18.8 Å². The number of carbonyl (C=O) groups is 1. The Morgan fingerprint density at radius 2 is 1.86 bits per heavy atom. The Kier molecular flexibility index (Phi) is 4.88. The van der Waals surface area contributed by atoms with Crippen LogP contribution in [0.1, 0.15) is 31.2 Å². The van der Waals surface area contributed by atoms with Gasteiger partial charge in [0.15, 0.2) is 0 Å². The number of ether oxygens (including phenoxy) is 1. The van der Waals surface area contributed by atoms with E-state index in [-0.39, 0.29) is 29.1 Å². The molecular weight excluding hydrogens is 280 g/mol. The minimum Gasteiger partial charge on any atom is -0.469 e. The van der Waals surface area contributed by atoms with Gasteiger partial charge in [0.2, 0.25) is 0 Å². The van der Waals surface area contributed by atoms with E-state index in [0.717, 1.165) is 12.1 Å². The van der Waals surface area contributed by atoms with Gasteiger partial charge in [0.05, 0.1) is 18.7 Å². The lowest BCUT2D eigenvalue weighted by Crippen LogP contribution is -2.27. The van der Waals surface area contributed by atoms with Crippen molar-refractivity contribution >= 4 is 11.7 Å². The number of hydrogen-bond donors (Lipinski definition) is 1. The van der Waals surface area contributed by atoms with E-state index >= 15 is 0 Å². The molecule has 0 radical (unpaired) electrons. The van der Waals surface area contributed by atoms with E-state index in [1.165, 1.54) is 13.2 Å². The predicted molar refractivity (Wildman–Crippen MR) is 72.1 cm³/mol. The Balaban J connectivity index is 2.12. The van der Waals surface area contributed by atoms with Crippen LogP contribution in [0.5, 0.6) is 0 Å². The molecule has 4 nitrogen and oxygen atoms in total. The zero-order chi connectivity index (χ0) is 15.4. The van der Waals surface area contributed by atoms with Crippen molar-refractivity contribution in [3.8, 4) is 0 Å². The summed E-state index contributed by atoms with van der Waals surface area (Å²) in [5.74, 6) is -2.00. The highest BCUT2D eigenvalue weighted by Gasteiger charge is 2.31. The van der Waals surface area contributed by atoms with Gasteiger partial charge in [0.1, 0.15) is 11.6 Å². The first-order chi connectivity index (χ1) is 10.1. The average molecular weight is 297 g/mol. The van der Waals surface area contributed by atoms with Gasteiger partial charge in [-0.05, 0) is 37.8 Å². The van der Waals surface area contributed by atoms with Gasteiger partial charge in [-0.25, -0.2) is 8.78 Å². The maximum atomic E-state index is 13.8. The second kappa shape index (κ2) is 6.65. The molecule has 1 aliphatic carbocycles. The van der Waals surface area contributed by atoms with Crippen molar-refractivity contribution in [1.82, 2.24) is 0 Å². The van der Waals surface area contributed by atoms with Crippen molar-refractivity contribution in [3.63, 3.8) is 0 Å². The molecule has 6 heteroatoms. The standard InChI is InChI=1S/C15H17F2NO3/c1-21-15(19)10-4-2-9(3-5-10)14(18-20)12-7-6-11(16)8-13(12)17/h6-10,20H,2-5H2,1H3/b18-14-. The maximum Gasteiger partial charge on any atom is 0.308 e. The second-order valence-electron chi connectivity index (χ2n) is 5.18. The Bertz CT molecular complexity index is 552. The van der Waals surface area contributed by atoms with Crippen LogP contribution in [-0.4, -0.2) is 24.0 Å². The zero-order valence-electron chi connectivity index (χ0n) is 11.7. The highest BCUT2D eigenvalue weighted by molar-refractivity contribution is 6.02. The average Bonchev–Trinajstić information content (AvgIpc) is 2.50. The van der Waals surface area contributed by atoms with Crippen molar-refractivity contribution < 1.29 is 23.5 Å². The Labute approximate surface area is 121 Å². The summed E-state index contributed by atoms with van der Waals surface area (Å²) in [7, 11) is 1.35. The first-order valence-corrected chi connectivity index (χ1v) is 6.82. The molecular formula is C15H17F2NO3. The molecule has 1 aromatic carbocycles. The summed E-state index contributed by atoms with van der Waals surface area (Å²) in [5.41, 5.74) is 0.302. The van der Waals surface area contributed by atoms with Crippen LogP contribution >= 0.6 is 0 Å². The molecule has 2 rings (SSSR count). The number of nitrogens with zero attached hydrogens (tertiary/aromatic N) is 1. The normalized spacial score (nSPS) is 22.9. The Morgan fingerprint density at radius 1 is 1.24 bits per heavy atom. The molecule has 1 fully saturated rings. The maximum absolute atomic E-state index is 13.8. The van der Waals surface area contributed by atoms with Gasteiger partial charge in [-0.1, -0.05) is 5.16 Å². The van der Waals surface area contributed by atoms with Gasteiger partial charge < -0.3 is 9.94 Å². The van der Waals surface area contributed by atoms with Crippen molar-refractivity contribution in [1.29, 1.82) is 0 Å². The van der Waals surface area contributed by atoms with Crippen molar-refractivity contribution in [2.45, 2.75) is 25.7 Å². The minimum absolute atomic E-state index is 0.0976. The first kappa shape index (κ1) is 15.4.